The maximum absolute atomic E-state index is 11.5. The maximum Gasteiger partial charge on any atom is 0.303 e. The molecule has 0 saturated carbocycles. The van der Waals surface area contributed by atoms with Crippen LogP contribution in [0.15, 0.2) is 91.0 Å². The zero-order chi connectivity index (χ0) is 33.1. The van der Waals surface area contributed by atoms with Crippen molar-refractivity contribution < 1.29 is 33.2 Å². The molecule has 10 heteroatoms. The van der Waals surface area contributed by atoms with Crippen LogP contribution in [0.2, 0.25) is 0 Å². The SMILES string of the molecule is CC(=O)OCc1ccc2ccc(N(c3ccc4ccc(COC(C)=O)nc4c3)c3ccc4ccc(COC(C)=O)[n+](C)c4c3)cc2n1. The summed E-state index contributed by atoms with van der Waals surface area (Å²) in [6.07, 6.45) is 0. The normalized spacial score (nSPS) is 11.1. The third-order valence-corrected chi connectivity index (χ3v) is 7.77. The Labute approximate surface area is 271 Å². The van der Waals surface area contributed by atoms with Gasteiger partial charge in [0.1, 0.15) is 20.3 Å². The molecule has 0 aliphatic carbocycles. The van der Waals surface area contributed by atoms with Gasteiger partial charge in [-0.2, -0.15) is 4.57 Å². The van der Waals surface area contributed by atoms with Gasteiger partial charge in [-0.15, -0.1) is 0 Å². The molecule has 0 aliphatic rings. The Morgan fingerprint density at radius 3 is 1.51 bits per heavy atom. The lowest BCUT2D eigenvalue weighted by Crippen LogP contribution is -2.35. The number of aromatic nitrogens is 3. The van der Waals surface area contributed by atoms with E-state index in [-0.39, 0.29) is 37.7 Å². The summed E-state index contributed by atoms with van der Waals surface area (Å²) in [7, 11) is 1.95. The fraction of sp³-hybridized carbons (Fsp3) is 0.189. The molecule has 3 heterocycles. The summed E-state index contributed by atoms with van der Waals surface area (Å²) in [6.45, 7) is 4.47. The molecule has 0 aliphatic heterocycles. The van der Waals surface area contributed by atoms with Crippen LogP contribution in [0, 0.1) is 0 Å². The average Bonchev–Trinajstić information content (AvgIpc) is 3.06. The van der Waals surface area contributed by atoms with Gasteiger partial charge < -0.3 is 19.1 Å². The van der Waals surface area contributed by atoms with Crippen molar-refractivity contribution in [3.63, 3.8) is 0 Å². The number of benzene rings is 3. The molecule has 0 spiro atoms. The predicted octanol–water partition coefficient (Wildman–Crippen LogP) is 6.42. The lowest BCUT2D eigenvalue weighted by atomic mass is 10.1. The quantitative estimate of drug-likeness (QED) is 0.102. The van der Waals surface area contributed by atoms with Gasteiger partial charge in [0.25, 0.3) is 0 Å². The first-order valence-electron chi connectivity index (χ1n) is 15.1. The molecule has 3 aromatic heterocycles. The number of carbonyl (C=O) groups excluding carboxylic acids is 3. The lowest BCUT2D eigenvalue weighted by Gasteiger charge is -2.26. The second-order valence-corrected chi connectivity index (χ2v) is 11.2. The maximum atomic E-state index is 11.5. The summed E-state index contributed by atoms with van der Waals surface area (Å²) in [5.74, 6) is -1.08. The first-order chi connectivity index (χ1) is 22.6. The summed E-state index contributed by atoms with van der Waals surface area (Å²) in [6, 6.07) is 29.9. The summed E-state index contributed by atoms with van der Waals surface area (Å²) in [5.41, 5.74) is 7.15. The van der Waals surface area contributed by atoms with E-state index in [1.165, 1.54) is 20.8 Å². The van der Waals surface area contributed by atoms with E-state index in [4.69, 9.17) is 24.2 Å². The monoisotopic (exact) mass is 629 g/mol. The Hall–Kier alpha value is -5.90. The van der Waals surface area contributed by atoms with Gasteiger partial charge in [0.15, 0.2) is 6.61 Å². The Morgan fingerprint density at radius 2 is 1.00 bits per heavy atom. The third-order valence-electron chi connectivity index (χ3n) is 7.77. The van der Waals surface area contributed by atoms with Crippen LogP contribution >= 0.6 is 0 Å². The molecule has 0 N–H and O–H groups in total. The van der Waals surface area contributed by atoms with Crippen LogP contribution in [-0.2, 0) is 55.5 Å². The van der Waals surface area contributed by atoms with Crippen LogP contribution in [-0.4, -0.2) is 27.9 Å². The summed E-state index contributed by atoms with van der Waals surface area (Å²) < 4.78 is 17.7. The highest BCUT2D eigenvalue weighted by Crippen LogP contribution is 2.38. The molecule has 0 fully saturated rings. The predicted molar refractivity (Wildman–Crippen MR) is 177 cm³/mol. The Morgan fingerprint density at radius 1 is 0.574 bits per heavy atom. The van der Waals surface area contributed by atoms with Crippen molar-refractivity contribution in [3.8, 4) is 0 Å². The van der Waals surface area contributed by atoms with Gasteiger partial charge in [-0.25, -0.2) is 9.97 Å². The van der Waals surface area contributed by atoms with Gasteiger partial charge in [-0.3, -0.25) is 14.4 Å². The largest absolute Gasteiger partial charge is 0.459 e. The number of rotatable bonds is 9. The van der Waals surface area contributed by atoms with Crippen LogP contribution in [0.25, 0.3) is 32.7 Å². The van der Waals surface area contributed by atoms with Gasteiger partial charge in [0.2, 0.25) is 11.2 Å². The molecule has 47 heavy (non-hydrogen) atoms. The van der Waals surface area contributed by atoms with E-state index in [1.54, 1.807) is 0 Å². The third kappa shape index (κ3) is 7.01. The number of hydrogen-bond acceptors (Lipinski definition) is 9. The molecular weight excluding hydrogens is 596 g/mol. The Bertz CT molecular complexity index is 2080. The summed E-state index contributed by atoms with van der Waals surface area (Å²) in [4.78, 5) is 46.0. The second-order valence-electron chi connectivity index (χ2n) is 11.2. The molecule has 6 aromatic rings. The van der Waals surface area contributed by atoms with Crippen LogP contribution in [0.3, 0.4) is 0 Å². The van der Waals surface area contributed by atoms with E-state index in [1.807, 2.05) is 84.4 Å². The highest BCUT2D eigenvalue weighted by atomic mass is 16.5. The lowest BCUT2D eigenvalue weighted by molar-refractivity contribution is -0.654. The van der Waals surface area contributed by atoms with Gasteiger partial charge in [-0.1, -0.05) is 24.3 Å². The van der Waals surface area contributed by atoms with E-state index < -0.39 is 0 Å². The van der Waals surface area contributed by atoms with Crippen molar-refractivity contribution in [1.82, 2.24) is 9.97 Å². The number of esters is 3. The zero-order valence-corrected chi connectivity index (χ0v) is 26.5. The highest BCUT2D eigenvalue weighted by Gasteiger charge is 2.19. The first kappa shape index (κ1) is 31.1. The van der Waals surface area contributed by atoms with Crippen molar-refractivity contribution in [3.05, 3.63) is 108 Å². The summed E-state index contributed by atoms with van der Waals surface area (Å²) >= 11 is 0. The molecule has 0 unspecified atom stereocenters. The van der Waals surface area contributed by atoms with Crippen molar-refractivity contribution in [1.29, 1.82) is 0 Å². The molecule has 0 amide bonds. The van der Waals surface area contributed by atoms with Crippen molar-refractivity contribution in [2.75, 3.05) is 4.90 Å². The molecule has 0 bridgehead atoms. The van der Waals surface area contributed by atoms with Crippen molar-refractivity contribution >= 4 is 67.7 Å². The molecular formula is C37H33N4O6+. The van der Waals surface area contributed by atoms with Crippen LogP contribution in [0.1, 0.15) is 37.9 Å². The standard InChI is InChI=1S/C37H33N4O6/c1-23(42)45-20-29-11-5-26-7-13-31(17-35(26)38-29)41(32-14-8-27-6-12-30(21-46-24(2)43)39-36(27)18-32)33-15-9-28-10-16-34(22-47-25(3)44)40(4)37(28)19-33/h5-19H,20-22H2,1-4H3/q+1. The van der Waals surface area contributed by atoms with Crippen LogP contribution in [0.4, 0.5) is 17.1 Å². The molecule has 6 rings (SSSR count). The molecule has 0 saturated heterocycles. The number of carbonyl (C=O) groups is 3. The van der Waals surface area contributed by atoms with E-state index in [0.717, 1.165) is 55.5 Å². The zero-order valence-electron chi connectivity index (χ0n) is 26.5. The number of pyridine rings is 3. The van der Waals surface area contributed by atoms with Gasteiger partial charge in [0, 0.05) is 60.4 Å². The minimum atomic E-state index is -0.367. The minimum absolute atomic E-state index is 0.0854. The minimum Gasteiger partial charge on any atom is -0.459 e. The molecule has 10 nitrogen and oxygen atoms in total. The van der Waals surface area contributed by atoms with Gasteiger partial charge in [-0.05, 0) is 54.6 Å². The highest BCUT2D eigenvalue weighted by molar-refractivity contribution is 5.92. The average molecular weight is 630 g/mol. The van der Waals surface area contributed by atoms with E-state index in [2.05, 4.69) is 23.1 Å². The van der Waals surface area contributed by atoms with Crippen molar-refractivity contribution in [2.24, 2.45) is 7.05 Å². The number of ether oxygens (including phenoxy) is 3. The fourth-order valence-electron chi connectivity index (χ4n) is 5.41. The Kier molecular flexibility index (Phi) is 8.75. The fourth-order valence-corrected chi connectivity index (χ4v) is 5.41. The number of fused-ring (bicyclic) bond motifs is 3. The molecule has 3 aromatic carbocycles. The number of aryl methyl sites for hydroxylation is 1. The van der Waals surface area contributed by atoms with Crippen molar-refractivity contribution in [2.45, 2.75) is 40.6 Å². The number of hydrogen-bond donors (Lipinski definition) is 0. The first-order valence-corrected chi connectivity index (χ1v) is 15.1. The summed E-state index contributed by atoms with van der Waals surface area (Å²) in [5, 5.41) is 2.90. The molecule has 0 atom stereocenters. The molecule has 236 valence electrons. The van der Waals surface area contributed by atoms with Crippen LogP contribution in [0.5, 0.6) is 0 Å². The second kappa shape index (κ2) is 13.2. The van der Waals surface area contributed by atoms with E-state index in [9.17, 15) is 14.4 Å². The number of anilines is 3. The van der Waals surface area contributed by atoms with Gasteiger partial charge in [0.05, 0.1) is 28.1 Å². The molecule has 0 radical (unpaired) electrons. The number of nitrogens with zero attached hydrogens (tertiary/aromatic N) is 4. The Balaban J connectivity index is 1.50. The van der Waals surface area contributed by atoms with E-state index in [0.29, 0.717) is 11.4 Å². The van der Waals surface area contributed by atoms with E-state index >= 15 is 0 Å². The topological polar surface area (TPSA) is 112 Å². The van der Waals surface area contributed by atoms with Crippen LogP contribution < -0.4 is 9.47 Å². The van der Waals surface area contributed by atoms with Gasteiger partial charge >= 0.3 is 17.9 Å². The smallest absolute Gasteiger partial charge is 0.303 e.